The Morgan fingerprint density at radius 3 is 2.61 bits per heavy atom. The van der Waals surface area contributed by atoms with Crippen molar-refractivity contribution < 1.29 is 4.79 Å². The van der Waals surface area contributed by atoms with Crippen molar-refractivity contribution >= 4 is 34.4 Å². The summed E-state index contributed by atoms with van der Waals surface area (Å²) in [6.07, 6.45) is 0. The first-order valence-corrected chi connectivity index (χ1v) is 10.1. The number of rotatable bonds is 5. The second-order valence-corrected chi connectivity index (χ2v) is 7.83. The van der Waals surface area contributed by atoms with Crippen LogP contribution in [-0.2, 0) is 4.79 Å². The normalized spacial score (nSPS) is 10.9. The van der Waals surface area contributed by atoms with Gasteiger partial charge in [0, 0.05) is 16.1 Å². The third kappa shape index (κ3) is 4.10. The molecule has 28 heavy (non-hydrogen) atoms. The summed E-state index contributed by atoms with van der Waals surface area (Å²) in [6.45, 7) is 4.05. The lowest BCUT2D eigenvalue weighted by molar-refractivity contribution is -0.113. The lowest BCUT2D eigenvalue weighted by atomic mass is 10.1. The van der Waals surface area contributed by atoms with E-state index in [1.54, 1.807) is 0 Å². The number of aryl methyl sites for hydroxylation is 2. The molecule has 2 N–H and O–H groups in total. The molecule has 4 aromatic rings. The molecule has 0 spiro atoms. The molecule has 1 heterocycles. The molecule has 0 saturated heterocycles. The summed E-state index contributed by atoms with van der Waals surface area (Å²) in [5, 5.41) is 3.03. The number of carbonyl (C=O) groups excluding carboxylic acids is 1. The first kappa shape index (κ1) is 18.3. The maximum Gasteiger partial charge on any atom is 0.234 e. The molecular formula is C23H21N3OS. The molecule has 0 aliphatic heterocycles. The Morgan fingerprint density at radius 1 is 1.04 bits per heavy atom. The van der Waals surface area contributed by atoms with Crippen molar-refractivity contribution in [1.29, 1.82) is 0 Å². The highest BCUT2D eigenvalue weighted by Gasteiger charge is 2.10. The van der Waals surface area contributed by atoms with Gasteiger partial charge in [-0.25, -0.2) is 4.98 Å². The molecule has 0 saturated carbocycles. The number of nitrogens with zero attached hydrogens (tertiary/aromatic N) is 1. The number of para-hydroxylation sites is 2. The van der Waals surface area contributed by atoms with Gasteiger partial charge in [0.1, 0.15) is 5.82 Å². The molecule has 1 aromatic heterocycles. The van der Waals surface area contributed by atoms with Gasteiger partial charge in [-0.05, 0) is 49.7 Å². The molecule has 0 bridgehead atoms. The van der Waals surface area contributed by atoms with Crippen LogP contribution in [0.4, 0.5) is 5.69 Å². The lowest BCUT2D eigenvalue weighted by Crippen LogP contribution is -2.14. The number of aromatic nitrogens is 2. The molecule has 5 heteroatoms. The maximum atomic E-state index is 12.4. The van der Waals surface area contributed by atoms with Gasteiger partial charge in [0.2, 0.25) is 5.91 Å². The second-order valence-electron chi connectivity index (χ2n) is 6.78. The summed E-state index contributed by atoms with van der Waals surface area (Å²) in [5.74, 6) is 1.15. The molecule has 140 valence electrons. The quantitative estimate of drug-likeness (QED) is 0.440. The average Bonchev–Trinajstić information content (AvgIpc) is 3.13. The number of anilines is 1. The van der Waals surface area contributed by atoms with Crippen LogP contribution in [0.3, 0.4) is 0 Å². The van der Waals surface area contributed by atoms with E-state index in [0.29, 0.717) is 5.75 Å². The van der Waals surface area contributed by atoms with Crippen LogP contribution >= 0.6 is 11.8 Å². The third-order valence-electron chi connectivity index (χ3n) is 4.57. The van der Waals surface area contributed by atoms with Crippen LogP contribution in [0.5, 0.6) is 0 Å². The number of hydrogen-bond acceptors (Lipinski definition) is 3. The van der Waals surface area contributed by atoms with Crippen LogP contribution in [0.25, 0.3) is 22.4 Å². The first-order chi connectivity index (χ1) is 13.6. The lowest BCUT2D eigenvalue weighted by Gasteiger charge is -2.10. The zero-order valence-corrected chi connectivity index (χ0v) is 16.6. The Balaban J connectivity index is 1.49. The first-order valence-electron chi connectivity index (χ1n) is 9.13. The van der Waals surface area contributed by atoms with Gasteiger partial charge in [-0.15, -0.1) is 11.8 Å². The summed E-state index contributed by atoms with van der Waals surface area (Å²) in [5.41, 5.74) is 5.92. The van der Waals surface area contributed by atoms with E-state index in [4.69, 9.17) is 0 Å². The molecule has 0 aliphatic carbocycles. The zero-order chi connectivity index (χ0) is 19.5. The van der Waals surface area contributed by atoms with E-state index in [-0.39, 0.29) is 5.91 Å². The minimum Gasteiger partial charge on any atom is -0.338 e. The summed E-state index contributed by atoms with van der Waals surface area (Å²) in [4.78, 5) is 21.5. The fourth-order valence-electron chi connectivity index (χ4n) is 2.96. The van der Waals surface area contributed by atoms with Gasteiger partial charge in [-0.1, -0.05) is 42.0 Å². The molecular weight excluding hydrogens is 366 g/mol. The van der Waals surface area contributed by atoms with Crippen molar-refractivity contribution in [2.24, 2.45) is 0 Å². The van der Waals surface area contributed by atoms with Crippen molar-refractivity contribution in [2.75, 3.05) is 11.1 Å². The number of hydrogen-bond donors (Lipinski definition) is 2. The summed E-state index contributed by atoms with van der Waals surface area (Å²) in [7, 11) is 0. The highest BCUT2D eigenvalue weighted by molar-refractivity contribution is 8.00. The van der Waals surface area contributed by atoms with Gasteiger partial charge in [0.25, 0.3) is 0 Å². The fraction of sp³-hybridized carbons (Fsp3) is 0.130. The molecule has 0 atom stereocenters. The van der Waals surface area contributed by atoms with Gasteiger partial charge >= 0.3 is 0 Å². The zero-order valence-electron chi connectivity index (χ0n) is 15.8. The highest BCUT2D eigenvalue weighted by atomic mass is 32.2. The van der Waals surface area contributed by atoms with Crippen LogP contribution in [-0.4, -0.2) is 21.6 Å². The Hall–Kier alpha value is -3.05. The maximum absolute atomic E-state index is 12.4. The molecule has 0 fully saturated rings. The van der Waals surface area contributed by atoms with E-state index in [9.17, 15) is 4.79 Å². The van der Waals surface area contributed by atoms with Crippen LogP contribution in [0.2, 0.25) is 0 Å². The number of fused-ring (bicyclic) bond motifs is 1. The minimum absolute atomic E-state index is 0.0181. The molecule has 1 amide bonds. The number of thioether (sulfide) groups is 1. The number of imidazole rings is 1. The number of amides is 1. The van der Waals surface area contributed by atoms with Crippen molar-refractivity contribution in [2.45, 2.75) is 18.7 Å². The van der Waals surface area contributed by atoms with Crippen LogP contribution in [0, 0.1) is 13.8 Å². The van der Waals surface area contributed by atoms with Gasteiger partial charge < -0.3 is 10.3 Å². The van der Waals surface area contributed by atoms with E-state index < -0.39 is 0 Å². The number of carbonyl (C=O) groups is 1. The van der Waals surface area contributed by atoms with Crippen molar-refractivity contribution in [3.63, 3.8) is 0 Å². The molecule has 4 rings (SSSR count). The molecule has 0 radical (unpaired) electrons. The number of nitrogens with one attached hydrogen (secondary N) is 2. The molecule has 4 nitrogen and oxygen atoms in total. The topological polar surface area (TPSA) is 57.8 Å². The van der Waals surface area contributed by atoms with Gasteiger partial charge in [0.15, 0.2) is 0 Å². The average molecular weight is 388 g/mol. The predicted molar refractivity (Wildman–Crippen MR) is 117 cm³/mol. The highest BCUT2D eigenvalue weighted by Crippen LogP contribution is 2.26. The molecule has 0 aliphatic rings. The Labute approximate surface area is 168 Å². The Bertz CT molecular complexity index is 1100. The van der Waals surface area contributed by atoms with Crippen molar-refractivity contribution in [3.8, 4) is 11.4 Å². The van der Waals surface area contributed by atoms with Gasteiger partial charge in [-0.2, -0.15) is 0 Å². The monoisotopic (exact) mass is 387 g/mol. The van der Waals surface area contributed by atoms with Gasteiger partial charge in [-0.3, -0.25) is 4.79 Å². The van der Waals surface area contributed by atoms with E-state index >= 15 is 0 Å². The second kappa shape index (κ2) is 7.90. The van der Waals surface area contributed by atoms with Crippen molar-refractivity contribution in [1.82, 2.24) is 9.97 Å². The SMILES string of the molecule is Cc1ccc(SCC(=O)Nc2cc(-c3nc4ccccc4[nH]3)ccc2C)cc1. The van der Waals surface area contributed by atoms with E-state index in [2.05, 4.69) is 34.3 Å². The predicted octanol–water partition coefficient (Wildman–Crippen LogP) is 5.58. The minimum atomic E-state index is -0.0181. The molecule has 3 aromatic carbocycles. The molecule has 0 unspecified atom stereocenters. The van der Waals surface area contributed by atoms with E-state index in [1.165, 1.54) is 17.3 Å². The summed E-state index contributed by atoms with van der Waals surface area (Å²) in [6, 6.07) is 22.1. The van der Waals surface area contributed by atoms with Crippen LogP contribution < -0.4 is 5.32 Å². The largest absolute Gasteiger partial charge is 0.338 e. The third-order valence-corrected chi connectivity index (χ3v) is 5.58. The Morgan fingerprint density at radius 2 is 1.82 bits per heavy atom. The number of benzene rings is 3. The Kier molecular flexibility index (Phi) is 5.17. The van der Waals surface area contributed by atoms with Crippen molar-refractivity contribution in [3.05, 3.63) is 77.9 Å². The summed E-state index contributed by atoms with van der Waals surface area (Å²) < 4.78 is 0. The number of H-pyrrole nitrogens is 1. The van der Waals surface area contributed by atoms with E-state index in [1.807, 2.05) is 61.5 Å². The smallest absolute Gasteiger partial charge is 0.234 e. The van der Waals surface area contributed by atoms with Crippen LogP contribution in [0.15, 0.2) is 71.6 Å². The fourth-order valence-corrected chi connectivity index (χ4v) is 3.66. The standard InChI is InChI=1S/C23H21N3OS/c1-15-7-11-18(12-8-15)28-14-22(27)24-21-13-17(10-9-16(21)2)23-25-19-5-3-4-6-20(19)26-23/h3-13H,14H2,1-2H3,(H,24,27)(H,25,26). The summed E-state index contributed by atoms with van der Waals surface area (Å²) >= 11 is 1.54. The van der Waals surface area contributed by atoms with Gasteiger partial charge in [0.05, 0.1) is 16.8 Å². The van der Waals surface area contributed by atoms with E-state index in [0.717, 1.165) is 38.6 Å². The number of aromatic amines is 1. The van der Waals surface area contributed by atoms with Crippen LogP contribution in [0.1, 0.15) is 11.1 Å².